The highest BCUT2D eigenvalue weighted by Gasteiger charge is 2.13. The van der Waals surface area contributed by atoms with Gasteiger partial charge in [0.2, 0.25) is 11.7 Å². The molecular weight excluding hydrogens is 322 g/mol. The fraction of sp³-hybridized carbons (Fsp3) is 0.0714. The summed E-state index contributed by atoms with van der Waals surface area (Å²) in [5.74, 6) is 0.418. The smallest absolute Gasteiger partial charge is 0.328 e. The molecule has 2 heterocycles. The summed E-state index contributed by atoms with van der Waals surface area (Å²) in [4.78, 5) is 29.3. The van der Waals surface area contributed by atoms with Crippen LogP contribution in [0.25, 0.3) is 11.4 Å². The first-order valence-electron chi connectivity index (χ1n) is 6.40. The highest BCUT2D eigenvalue weighted by molar-refractivity contribution is 6.33. The quantitative estimate of drug-likeness (QED) is 0.770. The van der Waals surface area contributed by atoms with Gasteiger partial charge in [0.25, 0.3) is 5.56 Å². The molecule has 0 amide bonds. The molecule has 3 aromatic rings. The van der Waals surface area contributed by atoms with Crippen molar-refractivity contribution in [3.8, 4) is 17.5 Å². The van der Waals surface area contributed by atoms with E-state index in [0.717, 1.165) is 10.8 Å². The van der Waals surface area contributed by atoms with Crippen molar-refractivity contribution in [1.82, 2.24) is 19.7 Å². The third-order valence-corrected chi connectivity index (χ3v) is 3.35. The average Bonchev–Trinajstić information content (AvgIpc) is 2.99. The van der Waals surface area contributed by atoms with Crippen molar-refractivity contribution in [1.29, 1.82) is 5.26 Å². The molecular formula is C14H8ClN5O3. The molecule has 0 aliphatic rings. The van der Waals surface area contributed by atoms with Crippen molar-refractivity contribution in [3.05, 3.63) is 67.8 Å². The lowest BCUT2D eigenvalue weighted by Crippen LogP contribution is -2.31. The Morgan fingerprint density at radius 2 is 2.13 bits per heavy atom. The van der Waals surface area contributed by atoms with Gasteiger partial charge in [-0.15, -0.1) is 0 Å². The Balaban J connectivity index is 1.94. The number of aromatic amines is 1. The molecule has 0 saturated carbocycles. The lowest BCUT2D eigenvalue weighted by molar-refractivity contribution is 0.369. The van der Waals surface area contributed by atoms with E-state index in [4.69, 9.17) is 21.4 Å². The maximum absolute atomic E-state index is 11.7. The normalized spacial score (nSPS) is 10.4. The molecule has 0 aliphatic heterocycles. The summed E-state index contributed by atoms with van der Waals surface area (Å²) in [5, 5.41) is 13.1. The monoisotopic (exact) mass is 329 g/mol. The number of H-pyrrole nitrogens is 1. The minimum atomic E-state index is -0.740. The van der Waals surface area contributed by atoms with Crippen LogP contribution in [-0.4, -0.2) is 19.7 Å². The van der Waals surface area contributed by atoms with Gasteiger partial charge in [-0.1, -0.05) is 28.9 Å². The summed E-state index contributed by atoms with van der Waals surface area (Å²) < 4.78 is 6.18. The lowest BCUT2D eigenvalue weighted by atomic mass is 10.2. The van der Waals surface area contributed by atoms with Crippen LogP contribution in [0.2, 0.25) is 5.02 Å². The number of nitriles is 1. The number of hydrogen-bond acceptors (Lipinski definition) is 6. The largest absolute Gasteiger partial charge is 0.337 e. The highest BCUT2D eigenvalue weighted by atomic mass is 35.5. The number of benzene rings is 1. The molecule has 0 radical (unpaired) electrons. The minimum absolute atomic E-state index is 0.0816. The number of nitrogens with one attached hydrogen (secondary N) is 1. The van der Waals surface area contributed by atoms with Crippen LogP contribution in [0.3, 0.4) is 0 Å². The zero-order valence-electron chi connectivity index (χ0n) is 11.5. The molecule has 0 fully saturated rings. The molecule has 9 heteroatoms. The molecule has 0 unspecified atom stereocenters. The molecule has 0 saturated heterocycles. The van der Waals surface area contributed by atoms with Crippen LogP contribution in [0.4, 0.5) is 0 Å². The van der Waals surface area contributed by atoms with Gasteiger partial charge in [-0.3, -0.25) is 14.3 Å². The second kappa shape index (κ2) is 5.90. The van der Waals surface area contributed by atoms with Crippen molar-refractivity contribution >= 4 is 11.6 Å². The number of halogens is 1. The van der Waals surface area contributed by atoms with Gasteiger partial charge < -0.3 is 4.52 Å². The molecule has 0 aliphatic carbocycles. The van der Waals surface area contributed by atoms with Crippen LogP contribution in [0.1, 0.15) is 11.5 Å². The second-order valence-corrected chi connectivity index (χ2v) is 4.94. The van der Waals surface area contributed by atoms with Gasteiger partial charge in [0.1, 0.15) is 18.2 Å². The van der Waals surface area contributed by atoms with E-state index in [-0.39, 0.29) is 23.8 Å². The third kappa shape index (κ3) is 2.90. The maximum atomic E-state index is 11.7. The summed E-state index contributed by atoms with van der Waals surface area (Å²) in [5.41, 5.74) is -1.01. The highest BCUT2D eigenvalue weighted by Crippen LogP contribution is 2.24. The molecule has 1 N–H and O–H groups in total. The van der Waals surface area contributed by atoms with Crippen molar-refractivity contribution in [2.45, 2.75) is 6.54 Å². The molecule has 0 bridgehead atoms. The summed E-state index contributed by atoms with van der Waals surface area (Å²) >= 11 is 6.06. The summed E-state index contributed by atoms with van der Waals surface area (Å²) in [6, 6.07) is 8.68. The van der Waals surface area contributed by atoms with Crippen molar-refractivity contribution in [2.75, 3.05) is 0 Å². The Bertz CT molecular complexity index is 1030. The van der Waals surface area contributed by atoms with Crippen LogP contribution in [-0.2, 0) is 6.54 Å². The SMILES string of the molecule is N#Cc1cn(Cc2nc(-c3ccccc3Cl)no2)c(=O)[nH]c1=O. The van der Waals surface area contributed by atoms with E-state index in [0.29, 0.717) is 10.6 Å². The Labute approximate surface area is 133 Å². The van der Waals surface area contributed by atoms with Gasteiger partial charge in [-0.2, -0.15) is 10.2 Å². The van der Waals surface area contributed by atoms with Gasteiger partial charge in [0, 0.05) is 11.8 Å². The van der Waals surface area contributed by atoms with E-state index in [2.05, 4.69) is 10.1 Å². The van der Waals surface area contributed by atoms with E-state index in [1.54, 1.807) is 30.3 Å². The van der Waals surface area contributed by atoms with Crippen LogP contribution in [0.15, 0.2) is 44.6 Å². The first-order valence-corrected chi connectivity index (χ1v) is 6.77. The Hall–Kier alpha value is -3.18. The summed E-state index contributed by atoms with van der Waals surface area (Å²) in [6.07, 6.45) is 1.14. The number of aromatic nitrogens is 4. The zero-order valence-corrected chi connectivity index (χ0v) is 12.2. The van der Waals surface area contributed by atoms with E-state index in [1.807, 2.05) is 4.98 Å². The first-order chi connectivity index (χ1) is 11.1. The summed E-state index contributed by atoms with van der Waals surface area (Å²) in [6.45, 7) is -0.0816. The third-order valence-electron chi connectivity index (χ3n) is 3.02. The van der Waals surface area contributed by atoms with Gasteiger partial charge in [-0.05, 0) is 12.1 Å². The molecule has 0 atom stereocenters. The molecule has 2 aromatic heterocycles. The van der Waals surface area contributed by atoms with E-state index >= 15 is 0 Å². The summed E-state index contributed by atoms with van der Waals surface area (Å²) in [7, 11) is 0. The predicted molar refractivity (Wildman–Crippen MR) is 79.9 cm³/mol. The molecule has 0 spiro atoms. The van der Waals surface area contributed by atoms with E-state index in [9.17, 15) is 9.59 Å². The Morgan fingerprint density at radius 3 is 2.87 bits per heavy atom. The van der Waals surface area contributed by atoms with Gasteiger partial charge in [0.15, 0.2) is 0 Å². The van der Waals surface area contributed by atoms with Crippen LogP contribution in [0.5, 0.6) is 0 Å². The zero-order chi connectivity index (χ0) is 16.4. The van der Waals surface area contributed by atoms with Gasteiger partial charge in [-0.25, -0.2) is 4.79 Å². The number of hydrogen-bond donors (Lipinski definition) is 1. The molecule has 1 aromatic carbocycles. The van der Waals surface area contributed by atoms with Crippen LogP contribution < -0.4 is 11.2 Å². The maximum Gasteiger partial charge on any atom is 0.328 e. The van der Waals surface area contributed by atoms with Crippen molar-refractivity contribution in [3.63, 3.8) is 0 Å². The molecule has 3 rings (SSSR count). The minimum Gasteiger partial charge on any atom is -0.337 e. The number of nitrogens with zero attached hydrogens (tertiary/aromatic N) is 4. The molecule has 8 nitrogen and oxygen atoms in total. The van der Waals surface area contributed by atoms with Gasteiger partial charge in [0.05, 0.1) is 5.02 Å². The fourth-order valence-corrected chi connectivity index (χ4v) is 2.14. The van der Waals surface area contributed by atoms with Crippen molar-refractivity contribution < 1.29 is 4.52 Å². The van der Waals surface area contributed by atoms with Gasteiger partial charge >= 0.3 is 5.69 Å². The standard InChI is InChI=1S/C14H8ClN5O3/c15-10-4-2-1-3-9(10)12-17-11(23-19-12)7-20-6-8(5-16)13(21)18-14(20)22/h1-4,6H,7H2,(H,18,21,22). The van der Waals surface area contributed by atoms with E-state index < -0.39 is 11.2 Å². The molecule has 114 valence electrons. The van der Waals surface area contributed by atoms with Crippen LogP contribution >= 0.6 is 11.6 Å². The Kier molecular flexibility index (Phi) is 3.78. The van der Waals surface area contributed by atoms with E-state index in [1.165, 1.54) is 0 Å². The Morgan fingerprint density at radius 1 is 1.35 bits per heavy atom. The first kappa shape index (κ1) is 14.7. The van der Waals surface area contributed by atoms with Crippen LogP contribution in [0, 0.1) is 11.3 Å². The predicted octanol–water partition coefficient (Wildman–Crippen LogP) is 1.16. The topological polar surface area (TPSA) is 118 Å². The molecule has 23 heavy (non-hydrogen) atoms. The lowest BCUT2D eigenvalue weighted by Gasteiger charge is -2.00. The second-order valence-electron chi connectivity index (χ2n) is 4.53. The average molecular weight is 330 g/mol. The number of rotatable bonds is 3. The fourth-order valence-electron chi connectivity index (χ4n) is 1.92. The van der Waals surface area contributed by atoms with Crippen molar-refractivity contribution in [2.24, 2.45) is 0 Å².